The Bertz CT molecular complexity index is 168. The molecule has 0 aliphatic heterocycles. The van der Waals surface area contributed by atoms with Crippen LogP contribution in [0.15, 0.2) is 12.2 Å². The molecule has 0 radical (unpaired) electrons. The third-order valence-electron chi connectivity index (χ3n) is 1.18. The number of allylic oxidation sites excluding steroid dienone is 2. The van der Waals surface area contributed by atoms with Crippen LogP contribution in [0.25, 0.3) is 0 Å². The van der Waals surface area contributed by atoms with Gasteiger partial charge in [0.25, 0.3) is 0 Å². The maximum Gasteiger partial charge on any atom is 0.162 e. The normalized spacial score (nSPS) is 10.4. The van der Waals surface area contributed by atoms with Crippen molar-refractivity contribution in [3.05, 3.63) is 12.2 Å². The maximum absolute atomic E-state index is 10.8. The molecule has 0 aromatic carbocycles. The van der Waals surface area contributed by atoms with Gasteiger partial charge < -0.3 is 0 Å². The molecule has 0 saturated carbocycles. The molecule has 2 nitrogen and oxygen atoms in total. The van der Waals surface area contributed by atoms with Gasteiger partial charge in [-0.05, 0) is 19.4 Å². The SMILES string of the molecule is CCCC=CC(=O)CC(C)=O. The lowest BCUT2D eigenvalue weighted by Crippen LogP contribution is -1.99. The van der Waals surface area contributed by atoms with Crippen LogP contribution in [-0.4, -0.2) is 11.6 Å². The number of ketones is 2. The molecule has 0 N–H and O–H groups in total. The molecule has 0 fully saturated rings. The van der Waals surface area contributed by atoms with E-state index < -0.39 is 0 Å². The standard InChI is InChI=1S/C9H14O2/c1-3-4-5-6-9(11)7-8(2)10/h5-6H,3-4,7H2,1-2H3. The van der Waals surface area contributed by atoms with Crippen molar-refractivity contribution in [2.45, 2.75) is 33.1 Å². The second kappa shape index (κ2) is 5.83. The van der Waals surface area contributed by atoms with Gasteiger partial charge in [0.05, 0.1) is 6.42 Å². The highest BCUT2D eigenvalue weighted by atomic mass is 16.1. The van der Waals surface area contributed by atoms with Crippen molar-refractivity contribution < 1.29 is 9.59 Å². The number of unbranched alkanes of at least 4 members (excludes halogenated alkanes) is 1. The Morgan fingerprint density at radius 3 is 2.45 bits per heavy atom. The summed E-state index contributed by atoms with van der Waals surface area (Å²) in [6.45, 7) is 3.46. The van der Waals surface area contributed by atoms with Crippen molar-refractivity contribution >= 4 is 11.6 Å². The molecule has 0 bridgehead atoms. The predicted molar refractivity (Wildman–Crippen MR) is 44.4 cm³/mol. The minimum atomic E-state index is -0.0917. The summed E-state index contributed by atoms with van der Waals surface area (Å²) < 4.78 is 0. The fraction of sp³-hybridized carbons (Fsp3) is 0.556. The van der Waals surface area contributed by atoms with E-state index in [1.54, 1.807) is 0 Å². The molecule has 2 heteroatoms. The van der Waals surface area contributed by atoms with Crippen molar-refractivity contribution in [2.75, 3.05) is 0 Å². The first-order valence-corrected chi connectivity index (χ1v) is 3.85. The molecule has 0 saturated heterocycles. The summed E-state index contributed by atoms with van der Waals surface area (Å²) in [5, 5.41) is 0. The molecule has 11 heavy (non-hydrogen) atoms. The van der Waals surface area contributed by atoms with E-state index in [1.165, 1.54) is 13.0 Å². The predicted octanol–water partition coefficient (Wildman–Crippen LogP) is 1.89. The monoisotopic (exact) mass is 154 g/mol. The zero-order valence-corrected chi connectivity index (χ0v) is 7.09. The molecule has 0 aromatic heterocycles. The Labute approximate surface area is 67.3 Å². The van der Waals surface area contributed by atoms with Gasteiger partial charge in [-0.3, -0.25) is 9.59 Å². The van der Waals surface area contributed by atoms with Crippen molar-refractivity contribution in [3.8, 4) is 0 Å². The van der Waals surface area contributed by atoms with Crippen LogP contribution in [0.2, 0.25) is 0 Å². The molecular formula is C9H14O2. The van der Waals surface area contributed by atoms with Crippen LogP contribution in [0.5, 0.6) is 0 Å². The summed E-state index contributed by atoms with van der Waals surface area (Å²) in [4.78, 5) is 21.3. The molecule has 0 aromatic rings. The molecule has 0 rings (SSSR count). The van der Waals surface area contributed by atoms with Crippen LogP contribution in [0, 0.1) is 0 Å². The highest BCUT2D eigenvalue weighted by Gasteiger charge is 1.98. The quantitative estimate of drug-likeness (QED) is 0.447. The van der Waals surface area contributed by atoms with Gasteiger partial charge in [-0.1, -0.05) is 19.4 Å². The summed E-state index contributed by atoms with van der Waals surface area (Å²) in [7, 11) is 0. The Hall–Kier alpha value is -0.920. The minimum Gasteiger partial charge on any atom is -0.300 e. The summed E-state index contributed by atoms with van der Waals surface area (Å²) >= 11 is 0. The van der Waals surface area contributed by atoms with E-state index in [2.05, 4.69) is 0 Å². The number of carbonyl (C=O) groups excluding carboxylic acids is 2. The molecule has 0 aliphatic carbocycles. The molecule has 0 heterocycles. The Kier molecular flexibility index (Phi) is 5.35. The van der Waals surface area contributed by atoms with E-state index in [4.69, 9.17) is 0 Å². The van der Waals surface area contributed by atoms with E-state index in [-0.39, 0.29) is 18.0 Å². The van der Waals surface area contributed by atoms with Crippen LogP contribution in [-0.2, 0) is 9.59 Å². The summed E-state index contributed by atoms with van der Waals surface area (Å²) in [5.74, 6) is -0.165. The first-order chi connectivity index (χ1) is 5.16. The largest absolute Gasteiger partial charge is 0.300 e. The maximum atomic E-state index is 10.8. The number of rotatable bonds is 5. The molecule has 62 valence electrons. The Morgan fingerprint density at radius 1 is 1.36 bits per heavy atom. The lowest BCUT2D eigenvalue weighted by molar-refractivity contribution is -0.123. The molecule has 0 atom stereocenters. The summed E-state index contributed by atoms with van der Waals surface area (Å²) in [5.41, 5.74) is 0. The average molecular weight is 154 g/mol. The topological polar surface area (TPSA) is 34.1 Å². The van der Waals surface area contributed by atoms with Crippen LogP contribution in [0.3, 0.4) is 0 Å². The van der Waals surface area contributed by atoms with Crippen molar-refractivity contribution in [3.63, 3.8) is 0 Å². The van der Waals surface area contributed by atoms with E-state index >= 15 is 0 Å². The number of hydrogen-bond acceptors (Lipinski definition) is 2. The zero-order chi connectivity index (χ0) is 8.69. The fourth-order valence-electron chi connectivity index (χ4n) is 0.686. The van der Waals surface area contributed by atoms with E-state index in [9.17, 15) is 9.59 Å². The minimum absolute atomic E-state index is 0.0419. The smallest absolute Gasteiger partial charge is 0.162 e. The molecule has 0 aliphatic rings. The second-order valence-corrected chi connectivity index (χ2v) is 2.54. The van der Waals surface area contributed by atoms with Gasteiger partial charge in [-0.15, -0.1) is 0 Å². The first kappa shape index (κ1) is 10.1. The lowest BCUT2D eigenvalue weighted by Gasteiger charge is -1.87. The van der Waals surface area contributed by atoms with E-state index in [1.807, 2.05) is 13.0 Å². The fourth-order valence-corrected chi connectivity index (χ4v) is 0.686. The number of carbonyl (C=O) groups is 2. The van der Waals surface area contributed by atoms with Gasteiger partial charge in [-0.2, -0.15) is 0 Å². The van der Waals surface area contributed by atoms with Gasteiger partial charge in [0.1, 0.15) is 5.78 Å². The van der Waals surface area contributed by atoms with Gasteiger partial charge in [0.15, 0.2) is 5.78 Å². The molecule has 0 amide bonds. The van der Waals surface area contributed by atoms with E-state index in [0.717, 1.165) is 12.8 Å². The van der Waals surface area contributed by atoms with Gasteiger partial charge >= 0.3 is 0 Å². The van der Waals surface area contributed by atoms with Crippen molar-refractivity contribution in [1.82, 2.24) is 0 Å². The van der Waals surface area contributed by atoms with Crippen LogP contribution >= 0.6 is 0 Å². The molecule has 0 spiro atoms. The van der Waals surface area contributed by atoms with Gasteiger partial charge in [-0.25, -0.2) is 0 Å². The molecule has 0 unspecified atom stereocenters. The number of hydrogen-bond donors (Lipinski definition) is 0. The van der Waals surface area contributed by atoms with Crippen LogP contribution in [0.1, 0.15) is 33.1 Å². The highest BCUT2D eigenvalue weighted by Crippen LogP contribution is 1.92. The van der Waals surface area contributed by atoms with E-state index in [0.29, 0.717) is 0 Å². The highest BCUT2D eigenvalue weighted by molar-refractivity contribution is 6.03. The third-order valence-corrected chi connectivity index (χ3v) is 1.18. The second-order valence-electron chi connectivity index (χ2n) is 2.54. The molecular weight excluding hydrogens is 140 g/mol. The van der Waals surface area contributed by atoms with Gasteiger partial charge in [0.2, 0.25) is 0 Å². The summed E-state index contributed by atoms with van der Waals surface area (Å²) in [6, 6.07) is 0. The Balaban J connectivity index is 3.60. The van der Waals surface area contributed by atoms with Crippen LogP contribution in [0.4, 0.5) is 0 Å². The number of Topliss-reactive ketones (excluding diaryl/α,β-unsaturated/α-hetero) is 1. The summed E-state index contributed by atoms with van der Waals surface area (Å²) in [6.07, 6.45) is 5.28. The first-order valence-electron chi connectivity index (χ1n) is 3.85. The zero-order valence-electron chi connectivity index (χ0n) is 7.09. The Morgan fingerprint density at radius 2 is 2.00 bits per heavy atom. The third kappa shape index (κ3) is 6.97. The van der Waals surface area contributed by atoms with Crippen molar-refractivity contribution in [2.24, 2.45) is 0 Å². The lowest BCUT2D eigenvalue weighted by atomic mass is 10.2. The van der Waals surface area contributed by atoms with Crippen molar-refractivity contribution in [1.29, 1.82) is 0 Å². The average Bonchev–Trinajstić information content (AvgIpc) is 1.86. The van der Waals surface area contributed by atoms with Gasteiger partial charge in [0, 0.05) is 0 Å². The van der Waals surface area contributed by atoms with Crippen LogP contribution < -0.4 is 0 Å².